The minimum atomic E-state index is -0.706. The molecule has 25 heavy (non-hydrogen) atoms. The second kappa shape index (κ2) is 8.06. The second-order valence-corrected chi connectivity index (χ2v) is 6.53. The van der Waals surface area contributed by atoms with Crippen molar-refractivity contribution in [2.24, 2.45) is 0 Å². The molecule has 2 N–H and O–H groups in total. The van der Waals surface area contributed by atoms with Crippen LogP contribution in [0.25, 0.3) is 0 Å². The molecule has 0 saturated heterocycles. The van der Waals surface area contributed by atoms with E-state index in [0.29, 0.717) is 18.0 Å². The first-order chi connectivity index (χ1) is 11.8. The summed E-state index contributed by atoms with van der Waals surface area (Å²) in [5, 5.41) is 5.62. The number of hydrogen-bond donors (Lipinski definition) is 2. The molecule has 1 unspecified atom stereocenters. The number of amides is 1. The fourth-order valence-corrected chi connectivity index (χ4v) is 2.17. The van der Waals surface area contributed by atoms with Gasteiger partial charge in [-0.25, -0.2) is 4.79 Å². The number of alkyl carbamates (subject to hydrolysis) is 1. The lowest BCUT2D eigenvalue weighted by Gasteiger charge is -2.21. The van der Waals surface area contributed by atoms with Crippen LogP contribution in [-0.4, -0.2) is 44.2 Å². The Morgan fingerprint density at radius 3 is 2.64 bits per heavy atom. The molecule has 0 bridgehead atoms. The van der Waals surface area contributed by atoms with Crippen LogP contribution in [0.1, 0.15) is 26.3 Å². The van der Waals surface area contributed by atoms with Gasteiger partial charge in [-0.15, -0.1) is 0 Å². The highest BCUT2D eigenvalue weighted by atomic mass is 16.7. The fraction of sp³-hybridized carbons (Fsp3) is 0.529. The molecule has 1 atom stereocenters. The molecule has 0 aromatic heterocycles. The van der Waals surface area contributed by atoms with Crippen LogP contribution in [-0.2, 0) is 20.8 Å². The van der Waals surface area contributed by atoms with Crippen molar-refractivity contribution < 1.29 is 28.5 Å². The van der Waals surface area contributed by atoms with Gasteiger partial charge >= 0.3 is 12.1 Å². The second-order valence-electron chi connectivity index (χ2n) is 6.53. The highest BCUT2D eigenvalue weighted by Gasteiger charge is 2.22. The number of methoxy groups -OCH3 is 1. The maximum Gasteiger partial charge on any atom is 0.407 e. The van der Waals surface area contributed by atoms with E-state index < -0.39 is 23.7 Å². The van der Waals surface area contributed by atoms with Crippen molar-refractivity contribution in [3.8, 4) is 11.5 Å². The summed E-state index contributed by atoms with van der Waals surface area (Å²) < 4.78 is 20.5. The van der Waals surface area contributed by atoms with Gasteiger partial charge in [-0.05, 0) is 38.5 Å². The summed E-state index contributed by atoms with van der Waals surface area (Å²) in [6, 6.07) is 4.81. The number of nitrogens with one attached hydrogen (secondary N) is 2. The lowest BCUT2D eigenvalue weighted by molar-refractivity contribution is -0.143. The van der Waals surface area contributed by atoms with Crippen molar-refractivity contribution in [1.29, 1.82) is 0 Å². The molecule has 1 aliphatic heterocycles. The number of rotatable bonds is 6. The van der Waals surface area contributed by atoms with Crippen LogP contribution in [0.2, 0.25) is 0 Å². The molecule has 0 saturated carbocycles. The van der Waals surface area contributed by atoms with E-state index in [1.807, 2.05) is 18.2 Å². The van der Waals surface area contributed by atoms with Crippen molar-refractivity contribution in [1.82, 2.24) is 10.6 Å². The minimum Gasteiger partial charge on any atom is -0.468 e. The summed E-state index contributed by atoms with van der Waals surface area (Å²) in [6.45, 7) is 5.95. The summed E-state index contributed by atoms with van der Waals surface area (Å²) in [5.41, 5.74) is 0.306. The molecule has 1 aliphatic rings. The van der Waals surface area contributed by atoms with Crippen LogP contribution in [0.4, 0.5) is 4.79 Å². The van der Waals surface area contributed by atoms with Gasteiger partial charge in [-0.3, -0.25) is 10.1 Å². The van der Waals surface area contributed by atoms with Gasteiger partial charge in [0.25, 0.3) is 0 Å². The molecular weight excluding hydrogens is 328 g/mol. The van der Waals surface area contributed by atoms with Gasteiger partial charge in [0.1, 0.15) is 11.6 Å². The Labute approximate surface area is 146 Å². The molecule has 0 spiro atoms. The van der Waals surface area contributed by atoms with Crippen molar-refractivity contribution in [2.75, 3.05) is 20.4 Å². The van der Waals surface area contributed by atoms with Crippen LogP contribution in [0.5, 0.6) is 11.5 Å². The average molecular weight is 352 g/mol. The van der Waals surface area contributed by atoms with Gasteiger partial charge < -0.3 is 24.3 Å². The first kappa shape index (κ1) is 18.9. The van der Waals surface area contributed by atoms with Crippen molar-refractivity contribution in [3.05, 3.63) is 23.8 Å². The maximum absolute atomic E-state index is 11.9. The average Bonchev–Trinajstić information content (AvgIpc) is 3.00. The van der Waals surface area contributed by atoms with Gasteiger partial charge in [0.15, 0.2) is 11.5 Å². The van der Waals surface area contributed by atoms with Gasteiger partial charge in [-0.1, -0.05) is 6.07 Å². The fourth-order valence-electron chi connectivity index (χ4n) is 2.17. The van der Waals surface area contributed by atoms with Gasteiger partial charge in [0.2, 0.25) is 6.79 Å². The van der Waals surface area contributed by atoms with Crippen LogP contribution in [0.15, 0.2) is 18.2 Å². The van der Waals surface area contributed by atoms with E-state index in [4.69, 9.17) is 18.9 Å². The number of fused-ring (bicyclic) bond motifs is 1. The molecule has 0 aliphatic carbocycles. The Balaban J connectivity index is 1.89. The van der Waals surface area contributed by atoms with E-state index in [-0.39, 0.29) is 13.3 Å². The van der Waals surface area contributed by atoms with Crippen molar-refractivity contribution in [2.45, 2.75) is 39.0 Å². The third-order valence-electron chi connectivity index (χ3n) is 3.32. The quantitative estimate of drug-likeness (QED) is 0.750. The Hall–Kier alpha value is -2.48. The molecular formula is C17H24N2O6. The molecule has 1 aromatic rings. The molecule has 138 valence electrons. The summed E-state index contributed by atoms with van der Waals surface area (Å²) in [5.74, 6) is 0.887. The highest BCUT2D eigenvalue weighted by Crippen LogP contribution is 2.32. The van der Waals surface area contributed by atoms with E-state index in [1.165, 1.54) is 7.11 Å². The zero-order valence-corrected chi connectivity index (χ0v) is 14.9. The summed E-state index contributed by atoms with van der Waals surface area (Å²) in [6.07, 6.45) is -0.591. The van der Waals surface area contributed by atoms with Crippen LogP contribution >= 0.6 is 0 Å². The largest absolute Gasteiger partial charge is 0.468 e. The topological polar surface area (TPSA) is 95.1 Å². The van der Waals surface area contributed by atoms with Crippen LogP contribution in [0, 0.1) is 0 Å². The summed E-state index contributed by atoms with van der Waals surface area (Å²) in [7, 11) is 1.30. The summed E-state index contributed by atoms with van der Waals surface area (Å²) in [4.78, 5) is 23.6. The lowest BCUT2D eigenvalue weighted by atomic mass is 10.2. The van der Waals surface area contributed by atoms with Gasteiger partial charge in [-0.2, -0.15) is 0 Å². The molecule has 8 nitrogen and oxygen atoms in total. The molecule has 0 radical (unpaired) electrons. The van der Waals surface area contributed by atoms with E-state index in [0.717, 1.165) is 5.56 Å². The van der Waals surface area contributed by atoms with E-state index in [9.17, 15) is 9.59 Å². The zero-order valence-electron chi connectivity index (χ0n) is 14.9. The summed E-state index contributed by atoms with van der Waals surface area (Å²) >= 11 is 0. The number of ether oxygens (including phenoxy) is 4. The normalized spacial score (nSPS) is 13.9. The Kier molecular flexibility index (Phi) is 6.08. The van der Waals surface area contributed by atoms with Crippen LogP contribution in [0.3, 0.4) is 0 Å². The molecule has 0 fully saturated rings. The number of hydrogen-bond acceptors (Lipinski definition) is 7. The third kappa shape index (κ3) is 5.82. The SMILES string of the molecule is COC(=O)C(CNC(=O)OC(C)(C)C)NCc1ccc2c(c1)OCO2. The highest BCUT2D eigenvalue weighted by molar-refractivity contribution is 5.77. The monoisotopic (exact) mass is 352 g/mol. The van der Waals surface area contributed by atoms with Gasteiger partial charge in [0, 0.05) is 13.1 Å². The lowest BCUT2D eigenvalue weighted by Crippen LogP contribution is -2.47. The Morgan fingerprint density at radius 1 is 1.24 bits per heavy atom. The van der Waals surface area contributed by atoms with E-state index in [1.54, 1.807) is 20.8 Å². The molecule has 2 rings (SSSR count). The van der Waals surface area contributed by atoms with E-state index >= 15 is 0 Å². The number of esters is 1. The standard InChI is InChI=1S/C17H24N2O6/c1-17(2,3)25-16(21)19-9-12(15(20)22-4)18-8-11-5-6-13-14(7-11)24-10-23-13/h5-7,12,18H,8-10H2,1-4H3,(H,19,21). The molecule has 1 aromatic carbocycles. The minimum absolute atomic E-state index is 0.0478. The smallest absolute Gasteiger partial charge is 0.407 e. The maximum atomic E-state index is 11.9. The van der Waals surface area contributed by atoms with Crippen molar-refractivity contribution >= 4 is 12.1 Å². The molecule has 1 amide bonds. The first-order valence-electron chi connectivity index (χ1n) is 7.95. The number of carbonyl (C=O) groups excluding carboxylic acids is 2. The Morgan fingerprint density at radius 2 is 1.96 bits per heavy atom. The number of carbonyl (C=O) groups is 2. The predicted molar refractivity (Wildman–Crippen MR) is 89.4 cm³/mol. The first-order valence-corrected chi connectivity index (χ1v) is 7.95. The molecule has 8 heteroatoms. The zero-order chi connectivity index (χ0) is 18.4. The van der Waals surface area contributed by atoms with E-state index in [2.05, 4.69) is 10.6 Å². The van der Waals surface area contributed by atoms with Crippen LogP contribution < -0.4 is 20.1 Å². The Bertz CT molecular complexity index is 626. The predicted octanol–water partition coefficient (Wildman–Crippen LogP) is 1.57. The number of benzene rings is 1. The van der Waals surface area contributed by atoms with Crippen molar-refractivity contribution in [3.63, 3.8) is 0 Å². The molecule has 1 heterocycles. The third-order valence-corrected chi connectivity index (χ3v) is 3.32. The van der Waals surface area contributed by atoms with Gasteiger partial charge in [0.05, 0.1) is 7.11 Å².